The second-order valence-electron chi connectivity index (χ2n) is 5.19. The van der Waals surface area contributed by atoms with Crippen molar-refractivity contribution >= 4 is 21.5 Å². The van der Waals surface area contributed by atoms with E-state index in [-0.39, 0.29) is 10.7 Å². The van der Waals surface area contributed by atoms with Crippen LogP contribution >= 0.6 is 0 Å². The summed E-state index contributed by atoms with van der Waals surface area (Å²) in [5.74, 6) is -0.187. The predicted octanol–water partition coefficient (Wildman–Crippen LogP) is 2.88. The van der Waals surface area contributed by atoms with Crippen LogP contribution in [0.3, 0.4) is 0 Å². The Labute approximate surface area is 139 Å². The highest BCUT2D eigenvalue weighted by Crippen LogP contribution is 2.19. The fourth-order valence-electron chi connectivity index (χ4n) is 2.23. The van der Waals surface area contributed by atoms with E-state index < -0.39 is 10.0 Å². The molecule has 6 nitrogen and oxygen atoms in total. The molecule has 0 atom stereocenters. The lowest BCUT2D eigenvalue weighted by Gasteiger charge is -2.10. The highest BCUT2D eigenvalue weighted by molar-refractivity contribution is 7.92. The molecule has 1 aromatic heterocycles. The number of benzene rings is 2. The van der Waals surface area contributed by atoms with Gasteiger partial charge in [0.25, 0.3) is 10.0 Å². The first-order valence-corrected chi connectivity index (χ1v) is 8.68. The van der Waals surface area contributed by atoms with E-state index >= 15 is 0 Å². The fraction of sp³-hybridized carbons (Fsp3) is 0.0588. The van der Waals surface area contributed by atoms with Crippen molar-refractivity contribution in [3.63, 3.8) is 0 Å². The molecule has 122 valence electrons. The van der Waals surface area contributed by atoms with Gasteiger partial charge < -0.3 is 0 Å². The number of sulfonamides is 1. The molecular weight excluding hydrogens is 326 g/mol. The Bertz CT molecular complexity index is 980. The summed E-state index contributed by atoms with van der Waals surface area (Å²) < 4.78 is 29.2. The minimum absolute atomic E-state index is 0.0414. The van der Waals surface area contributed by atoms with Crippen molar-refractivity contribution in [2.24, 2.45) is 0 Å². The molecule has 3 rings (SSSR count). The third-order valence-electron chi connectivity index (χ3n) is 3.42. The number of nitrogens with zero attached hydrogens (tertiary/aromatic N) is 2. The van der Waals surface area contributed by atoms with Crippen molar-refractivity contribution in [2.75, 3.05) is 4.72 Å². The molecule has 0 aliphatic heterocycles. The van der Waals surface area contributed by atoms with Gasteiger partial charge >= 0.3 is 0 Å². The molecule has 0 amide bonds. The third-order valence-corrected chi connectivity index (χ3v) is 4.80. The van der Waals surface area contributed by atoms with Gasteiger partial charge in [-0.15, -0.1) is 0 Å². The molecule has 0 spiro atoms. The standard InChI is InChI=1S/C17H15N3O3S/c1-13(21)14-5-2-8-17(11-14)24(22,23)19-15-6-3-7-16(12-15)20-10-4-9-18-20/h2-12,19H,1H3. The van der Waals surface area contributed by atoms with Crippen molar-refractivity contribution in [2.45, 2.75) is 11.8 Å². The lowest BCUT2D eigenvalue weighted by Crippen LogP contribution is -2.13. The number of carbonyl (C=O) groups excluding carboxylic acids is 1. The molecule has 0 fully saturated rings. The topological polar surface area (TPSA) is 81.1 Å². The van der Waals surface area contributed by atoms with Gasteiger partial charge in [0.1, 0.15) is 0 Å². The van der Waals surface area contributed by atoms with Gasteiger partial charge in [-0.3, -0.25) is 9.52 Å². The Morgan fingerprint density at radius 1 is 1.08 bits per heavy atom. The maximum Gasteiger partial charge on any atom is 0.261 e. The molecule has 7 heteroatoms. The summed E-state index contributed by atoms with van der Waals surface area (Å²) in [6, 6.07) is 14.6. The van der Waals surface area contributed by atoms with Gasteiger partial charge in [0.15, 0.2) is 5.78 Å². The van der Waals surface area contributed by atoms with Crippen LogP contribution in [0.15, 0.2) is 71.9 Å². The number of aromatic nitrogens is 2. The molecule has 24 heavy (non-hydrogen) atoms. The van der Waals surface area contributed by atoms with E-state index in [0.29, 0.717) is 11.3 Å². The summed E-state index contributed by atoms with van der Waals surface area (Å²) in [7, 11) is -3.79. The number of anilines is 1. The Kier molecular flexibility index (Phi) is 4.18. The van der Waals surface area contributed by atoms with Crippen LogP contribution in [-0.2, 0) is 10.0 Å². The maximum atomic E-state index is 12.5. The van der Waals surface area contributed by atoms with E-state index in [2.05, 4.69) is 9.82 Å². The molecular formula is C17H15N3O3S. The van der Waals surface area contributed by atoms with Crippen LogP contribution in [0.1, 0.15) is 17.3 Å². The zero-order valence-corrected chi connectivity index (χ0v) is 13.7. The second kappa shape index (κ2) is 6.29. The van der Waals surface area contributed by atoms with E-state index in [1.807, 2.05) is 6.07 Å². The van der Waals surface area contributed by atoms with Gasteiger partial charge in [-0.2, -0.15) is 5.10 Å². The number of hydrogen-bond acceptors (Lipinski definition) is 4. The van der Waals surface area contributed by atoms with E-state index in [4.69, 9.17) is 0 Å². The van der Waals surface area contributed by atoms with Gasteiger partial charge in [-0.25, -0.2) is 13.1 Å². The van der Waals surface area contributed by atoms with Gasteiger partial charge in [-0.1, -0.05) is 18.2 Å². The Morgan fingerprint density at radius 2 is 1.88 bits per heavy atom. The van der Waals surface area contributed by atoms with E-state index in [9.17, 15) is 13.2 Å². The summed E-state index contributed by atoms with van der Waals surface area (Å²) in [5.41, 5.74) is 1.50. The quantitative estimate of drug-likeness (QED) is 0.724. The van der Waals surface area contributed by atoms with Crippen LogP contribution in [0, 0.1) is 0 Å². The first-order chi connectivity index (χ1) is 11.5. The number of carbonyl (C=O) groups is 1. The molecule has 0 aliphatic carbocycles. The maximum absolute atomic E-state index is 12.5. The first kappa shape index (κ1) is 15.9. The average Bonchev–Trinajstić information content (AvgIpc) is 3.09. The summed E-state index contributed by atoms with van der Waals surface area (Å²) in [5, 5.41) is 4.12. The molecule has 0 saturated heterocycles. The van der Waals surface area contributed by atoms with Crippen LogP contribution in [0.5, 0.6) is 0 Å². The highest BCUT2D eigenvalue weighted by atomic mass is 32.2. The van der Waals surface area contributed by atoms with Crippen molar-refractivity contribution in [3.8, 4) is 5.69 Å². The number of hydrogen-bond donors (Lipinski definition) is 1. The minimum atomic E-state index is -3.79. The summed E-state index contributed by atoms with van der Waals surface area (Å²) in [6.07, 6.45) is 3.41. The Balaban J connectivity index is 1.91. The number of Topliss-reactive ketones (excluding diaryl/α,β-unsaturated/α-hetero) is 1. The SMILES string of the molecule is CC(=O)c1cccc(S(=O)(=O)Nc2cccc(-n3cccn3)c2)c1. The molecule has 1 heterocycles. The highest BCUT2D eigenvalue weighted by Gasteiger charge is 2.16. The molecule has 0 aliphatic rings. The van der Waals surface area contributed by atoms with Crippen LogP contribution in [0.25, 0.3) is 5.69 Å². The smallest absolute Gasteiger partial charge is 0.261 e. The van der Waals surface area contributed by atoms with Crippen LogP contribution in [-0.4, -0.2) is 24.0 Å². The van der Waals surface area contributed by atoms with Gasteiger partial charge in [0.2, 0.25) is 0 Å². The summed E-state index contributed by atoms with van der Waals surface area (Å²) >= 11 is 0. The van der Waals surface area contributed by atoms with E-state index in [1.54, 1.807) is 53.5 Å². The van der Waals surface area contributed by atoms with Crippen molar-refractivity contribution in [1.29, 1.82) is 0 Å². The predicted molar refractivity (Wildman–Crippen MR) is 90.8 cm³/mol. The van der Waals surface area contributed by atoms with Gasteiger partial charge in [0.05, 0.1) is 16.3 Å². The van der Waals surface area contributed by atoms with E-state index in [1.165, 1.54) is 19.1 Å². The molecule has 1 N–H and O–H groups in total. The zero-order valence-electron chi connectivity index (χ0n) is 12.9. The lowest BCUT2D eigenvalue weighted by molar-refractivity contribution is 0.101. The molecule has 0 bridgehead atoms. The van der Waals surface area contributed by atoms with Crippen LogP contribution in [0.2, 0.25) is 0 Å². The van der Waals surface area contributed by atoms with Crippen molar-refractivity contribution in [1.82, 2.24) is 9.78 Å². The van der Waals surface area contributed by atoms with Gasteiger partial charge in [-0.05, 0) is 43.3 Å². The normalized spacial score (nSPS) is 11.2. The molecule has 2 aromatic carbocycles. The summed E-state index contributed by atoms with van der Waals surface area (Å²) in [4.78, 5) is 11.5. The second-order valence-corrected chi connectivity index (χ2v) is 6.87. The first-order valence-electron chi connectivity index (χ1n) is 7.20. The monoisotopic (exact) mass is 341 g/mol. The number of rotatable bonds is 5. The number of nitrogens with one attached hydrogen (secondary N) is 1. The van der Waals surface area contributed by atoms with Crippen molar-refractivity contribution in [3.05, 3.63) is 72.6 Å². The van der Waals surface area contributed by atoms with Crippen molar-refractivity contribution < 1.29 is 13.2 Å². The summed E-state index contributed by atoms with van der Waals surface area (Å²) in [6.45, 7) is 1.40. The largest absolute Gasteiger partial charge is 0.295 e. The van der Waals surface area contributed by atoms with E-state index in [0.717, 1.165) is 5.69 Å². The third kappa shape index (κ3) is 3.36. The minimum Gasteiger partial charge on any atom is -0.295 e. The Morgan fingerprint density at radius 3 is 2.58 bits per heavy atom. The molecule has 0 unspecified atom stereocenters. The molecule has 3 aromatic rings. The molecule has 0 radical (unpaired) electrons. The number of ketones is 1. The fourth-order valence-corrected chi connectivity index (χ4v) is 3.32. The van der Waals surface area contributed by atoms with Crippen LogP contribution < -0.4 is 4.72 Å². The average molecular weight is 341 g/mol. The lowest BCUT2D eigenvalue weighted by atomic mass is 10.2. The zero-order chi connectivity index (χ0) is 17.2. The molecule has 0 saturated carbocycles. The van der Waals surface area contributed by atoms with Gasteiger partial charge in [0, 0.05) is 18.0 Å². The Hall–Kier alpha value is -2.93. The van der Waals surface area contributed by atoms with Crippen LogP contribution in [0.4, 0.5) is 5.69 Å².